The number of H-pyrrole nitrogens is 2. The maximum absolute atomic E-state index is 12.2. The van der Waals surface area contributed by atoms with Gasteiger partial charge in [-0.3, -0.25) is 19.4 Å². The molecule has 8 heteroatoms. The van der Waals surface area contributed by atoms with Crippen LogP contribution in [0.5, 0.6) is 0 Å². The zero-order chi connectivity index (χ0) is 15.1. The fourth-order valence-electron chi connectivity index (χ4n) is 1.62. The van der Waals surface area contributed by atoms with Crippen molar-refractivity contribution in [3.8, 4) is 0 Å². The van der Waals surface area contributed by atoms with Gasteiger partial charge in [0, 0.05) is 12.7 Å². The van der Waals surface area contributed by atoms with E-state index in [9.17, 15) is 19.2 Å². The van der Waals surface area contributed by atoms with Crippen molar-refractivity contribution >= 4 is 11.9 Å². The van der Waals surface area contributed by atoms with E-state index in [4.69, 9.17) is 4.74 Å². The molecule has 0 unspecified atom stereocenters. The summed E-state index contributed by atoms with van der Waals surface area (Å²) in [6, 6.07) is 0. The predicted octanol–water partition coefficient (Wildman–Crippen LogP) is -0.521. The molecule has 0 aliphatic carbocycles. The van der Waals surface area contributed by atoms with Gasteiger partial charge in [-0.1, -0.05) is 6.92 Å². The standard InChI is InChI=1S/C12H17N3O5/c1-3-5-15(7-9(16)20-4-2)11(18)8-6-13-12(19)14-10(8)17/h6H,3-5,7H2,1-2H3,(H2,13,14,17,19). The van der Waals surface area contributed by atoms with E-state index < -0.39 is 23.1 Å². The summed E-state index contributed by atoms with van der Waals surface area (Å²) in [5, 5.41) is 0. The highest BCUT2D eigenvalue weighted by Crippen LogP contribution is 2.00. The molecule has 1 amide bonds. The number of hydrogen-bond acceptors (Lipinski definition) is 5. The monoisotopic (exact) mass is 283 g/mol. The van der Waals surface area contributed by atoms with Gasteiger partial charge in [-0.15, -0.1) is 0 Å². The SMILES string of the molecule is CCCN(CC(=O)OCC)C(=O)c1c[nH]c(=O)[nH]c1=O. The van der Waals surface area contributed by atoms with Gasteiger partial charge >= 0.3 is 11.7 Å². The van der Waals surface area contributed by atoms with Crippen LogP contribution in [0.15, 0.2) is 15.8 Å². The molecule has 110 valence electrons. The van der Waals surface area contributed by atoms with Gasteiger partial charge in [0.2, 0.25) is 0 Å². The molecule has 0 saturated heterocycles. The molecule has 1 heterocycles. The minimum Gasteiger partial charge on any atom is -0.465 e. The summed E-state index contributed by atoms with van der Waals surface area (Å²) < 4.78 is 4.78. The number of esters is 1. The molecule has 8 nitrogen and oxygen atoms in total. The molecule has 0 aliphatic rings. The summed E-state index contributed by atoms with van der Waals surface area (Å²) in [5.74, 6) is -1.17. The summed E-state index contributed by atoms with van der Waals surface area (Å²) in [5.41, 5.74) is -1.70. The Labute approximate surface area is 114 Å². The van der Waals surface area contributed by atoms with Crippen LogP contribution >= 0.6 is 0 Å². The number of rotatable bonds is 6. The summed E-state index contributed by atoms with van der Waals surface area (Å²) >= 11 is 0. The number of carbonyl (C=O) groups is 2. The highest BCUT2D eigenvalue weighted by molar-refractivity contribution is 5.95. The van der Waals surface area contributed by atoms with E-state index in [0.29, 0.717) is 13.0 Å². The van der Waals surface area contributed by atoms with Crippen LogP contribution in [0.2, 0.25) is 0 Å². The van der Waals surface area contributed by atoms with E-state index in [1.54, 1.807) is 6.92 Å². The maximum atomic E-state index is 12.2. The van der Waals surface area contributed by atoms with Crippen molar-refractivity contribution in [3.05, 3.63) is 32.6 Å². The Morgan fingerprint density at radius 1 is 1.30 bits per heavy atom. The Hall–Kier alpha value is -2.38. The number of nitrogens with one attached hydrogen (secondary N) is 2. The molecule has 2 N–H and O–H groups in total. The topological polar surface area (TPSA) is 112 Å². The summed E-state index contributed by atoms with van der Waals surface area (Å²) in [6.07, 6.45) is 1.66. The Bertz CT molecular complexity index is 589. The van der Waals surface area contributed by atoms with E-state index in [-0.39, 0.29) is 18.7 Å². The average Bonchev–Trinajstić information content (AvgIpc) is 2.38. The third-order valence-electron chi connectivity index (χ3n) is 2.46. The molecule has 0 bridgehead atoms. The second-order valence-electron chi connectivity index (χ2n) is 4.02. The Morgan fingerprint density at radius 2 is 2.00 bits per heavy atom. The first-order valence-corrected chi connectivity index (χ1v) is 6.26. The van der Waals surface area contributed by atoms with E-state index in [1.165, 1.54) is 4.90 Å². The van der Waals surface area contributed by atoms with Crippen LogP contribution in [0.25, 0.3) is 0 Å². The number of nitrogens with zero attached hydrogens (tertiary/aromatic N) is 1. The van der Waals surface area contributed by atoms with Crippen molar-refractivity contribution in [2.75, 3.05) is 19.7 Å². The second kappa shape index (κ2) is 7.27. The average molecular weight is 283 g/mol. The number of aromatic nitrogens is 2. The highest BCUT2D eigenvalue weighted by atomic mass is 16.5. The van der Waals surface area contributed by atoms with Crippen LogP contribution in [0.1, 0.15) is 30.6 Å². The number of aromatic amines is 2. The third-order valence-corrected chi connectivity index (χ3v) is 2.46. The highest BCUT2D eigenvalue weighted by Gasteiger charge is 2.21. The fourth-order valence-corrected chi connectivity index (χ4v) is 1.62. The van der Waals surface area contributed by atoms with Crippen LogP contribution in [-0.2, 0) is 9.53 Å². The zero-order valence-corrected chi connectivity index (χ0v) is 11.4. The normalized spacial score (nSPS) is 10.1. The molecular formula is C12H17N3O5. The van der Waals surface area contributed by atoms with Gasteiger partial charge in [0.05, 0.1) is 6.61 Å². The third kappa shape index (κ3) is 4.08. The summed E-state index contributed by atoms with van der Waals surface area (Å²) in [4.78, 5) is 51.5. The molecule has 1 aromatic rings. The van der Waals surface area contributed by atoms with Gasteiger partial charge in [0.15, 0.2) is 0 Å². The Balaban J connectivity index is 2.96. The molecule has 0 fully saturated rings. The second-order valence-corrected chi connectivity index (χ2v) is 4.02. The molecular weight excluding hydrogens is 266 g/mol. The van der Waals surface area contributed by atoms with Gasteiger partial charge < -0.3 is 14.6 Å². The van der Waals surface area contributed by atoms with E-state index in [0.717, 1.165) is 6.20 Å². The molecule has 0 aromatic carbocycles. The van der Waals surface area contributed by atoms with Gasteiger partial charge in [-0.05, 0) is 13.3 Å². The summed E-state index contributed by atoms with van der Waals surface area (Å²) in [7, 11) is 0. The van der Waals surface area contributed by atoms with Gasteiger partial charge in [-0.25, -0.2) is 4.79 Å². The smallest absolute Gasteiger partial charge is 0.325 e. The van der Waals surface area contributed by atoms with Crippen molar-refractivity contribution in [1.82, 2.24) is 14.9 Å². The Kier molecular flexibility index (Phi) is 5.70. The van der Waals surface area contributed by atoms with E-state index in [1.807, 2.05) is 11.9 Å². The van der Waals surface area contributed by atoms with Crippen molar-refractivity contribution in [1.29, 1.82) is 0 Å². The quantitative estimate of drug-likeness (QED) is 0.682. The van der Waals surface area contributed by atoms with E-state index >= 15 is 0 Å². The largest absolute Gasteiger partial charge is 0.465 e. The van der Waals surface area contributed by atoms with Gasteiger partial charge in [0.1, 0.15) is 12.1 Å². The maximum Gasteiger partial charge on any atom is 0.325 e. The van der Waals surface area contributed by atoms with Crippen LogP contribution in [-0.4, -0.2) is 46.4 Å². The number of amides is 1. The number of hydrogen-bond donors (Lipinski definition) is 2. The van der Waals surface area contributed by atoms with Gasteiger partial charge in [0.25, 0.3) is 11.5 Å². The van der Waals surface area contributed by atoms with Gasteiger partial charge in [-0.2, -0.15) is 0 Å². The lowest BCUT2D eigenvalue weighted by Gasteiger charge is -2.20. The lowest BCUT2D eigenvalue weighted by Crippen LogP contribution is -2.40. The lowest BCUT2D eigenvalue weighted by molar-refractivity contribution is -0.143. The van der Waals surface area contributed by atoms with Crippen molar-refractivity contribution in [2.45, 2.75) is 20.3 Å². The number of ether oxygens (including phenoxy) is 1. The first kappa shape index (κ1) is 15.7. The molecule has 0 radical (unpaired) electrons. The van der Waals surface area contributed by atoms with Crippen LogP contribution in [0.4, 0.5) is 0 Å². The predicted molar refractivity (Wildman–Crippen MR) is 70.5 cm³/mol. The van der Waals surface area contributed by atoms with Crippen molar-refractivity contribution in [2.24, 2.45) is 0 Å². The molecule has 20 heavy (non-hydrogen) atoms. The Morgan fingerprint density at radius 3 is 2.55 bits per heavy atom. The van der Waals surface area contributed by atoms with Crippen molar-refractivity contribution < 1.29 is 14.3 Å². The molecule has 1 aromatic heterocycles. The molecule has 0 aliphatic heterocycles. The zero-order valence-electron chi connectivity index (χ0n) is 11.4. The first-order valence-electron chi connectivity index (χ1n) is 6.26. The van der Waals surface area contributed by atoms with Crippen LogP contribution in [0.3, 0.4) is 0 Å². The molecule has 0 saturated carbocycles. The lowest BCUT2D eigenvalue weighted by atomic mass is 10.2. The number of carbonyl (C=O) groups excluding carboxylic acids is 2. The molecule has 0 spiro atoms. The molecule has 0 atom stereocenters. The first-order chi connectivity index (χ1) is 9.49. The van der Waals surface area contributed by atoms with Crippen LogP contribution < -0.4 is 11.2 Å². The molecule has 1 rings (SSSR count). The minimum absolute atomic E-state index is 0.215. The van der Waals surface area contributed by atoms with Crippen molar-refractivity contribution in [3.63, 3.8) is 0 Å². The summed E-state index contributed by atoms with van der Waals surface area (Å²) in [6.45, 7) is 3.78. The minimum atomic E-state index is -0.788. The fraction of sp³-hybridized carbons (Fsp3) is 0.500. The van der Waals surface area contributed by atoms with E-state index in [2.05, 4.69) is 4.98 Å². The van der Waals surface area contributed by atoms with Crippen LogP contribution in [0, 0.1) is 0 Å².